The van der Waals surface area contributed by atoms with Gasteiger partial charge in [0.1, 0.15) is 5.56 Å². The van der Waals surface area contributed by atoms with Gasteiger partial charge in [-0.25, -0.2) is 9.78 Å². The Kier molecular flexibility index (Phi) is 5.35. The van der Waals surface area contributed by atoms with E-state index in [1.165, 1.54) is 13.0 Å². The fraction of sp³-hybridized carbons (Fsp3) is 0.400. The molecule has 1 aromatic heterocycles. The highest BCUT2D eigenvalue weighted by Gasteiger charge is 2.35. The third kappa shape index (κ3) is 4.49. The van der Waals surface area contributed by atoms with Crippen LogP contribution >= 0.6 is 22.6 Å². The number of nitrogens with two attached hydrogens (primary N) is 1. The first-order valence-electron chi connectivity index (χ1n) is 5.10. The summed E-state index contributed by atoms with van der Waals surface area (Å²) in [6.07, 6.45) is -4.95. The van der Waals surface area contributed by atoms with Gasteiger partial charge in [0.25, 0.3) is 0 Å². The molecule has 0 fully saturated rings. The van der Waals surface area contributed by atoms with E-state index in [0.29, 0.717) is 0 Å². The van der Waals surface area contributed by atoms with E-state index in [1.807, 2.05) is 0 Å². The number of hydrogen-bond acceptors (Lipinski definition) is 5. The highest BCUT2D eigenvalue weighted by atomic mass is 127. The van der Waals surface area contributed by atoms with Crippen LogP contribution in [0.2, 0.25) is 0 Å². The number of aromatic nitrogens is 1. The lowest BCUT2D eigenvalue weighted by Crippen LogP contribution is -2.22. The standard InChI is InChI=1S/C10H10F3IN2O3/c1-2-18-9(17)7-6(14)3-5(4-15)16-8(7)19-10(11,12)13/h3H,2,4,15H2,1H3. The van der Waals surface area contributed by atoms with Crippen molar-refractivity contribution in [1.82, 2.24) is 4.98 Å². The van der Waals surface area contributed by atoms with Gasteiger partial charge in [0.2, 0.25) is 5.88 Å². The smallest absolute Gasteiger partial charge is 0.462 e. The predicted octanol–water partition coefficient (Wildman–Crippen LogP) is 2.22. The molecule has 2 N–H and O–H groups in total. The van der Waals surface area contributed by atoms with E-state index in [2.05, 4.69) is 14.5 Å². The number of rotatable bonds is 4. The van der Waals surface area contributed by atoms with Crippen molar-refractivity contribution in [2.75, 3.05) is 6.61 Å². The largest absolute Gasteiger partial charge is 0.574 e. The number of ether oxygens (including phenoxy) is 2. The molecule has 0 aromatic carbocycles. The number of nitrogens with zero attached hydrogens (tertiary/aromatic N) is 1. The molecular weight excluding hydrogens is 380 g/mol. The van der Waals surface area contributed by atoms with Crippen molar-refractivity contribution in [2.45, 2.75) is 19.8 Å². The van der Waals surface area contributed by atoms with E-state index in [1.54, 1.807) is 22.6 Å². The molecule has 0 atom stereocenters. The maximum Gasteiger partial charge on any atom is 0.574 e. The van der Waals surface area contributed by atoms with Crippen LogP contribution in [-0.2, 0) is 11.3 Å². The summed E-state index contributed by atoms with van der Waals surface area (Å²) in [4.78, 5) is 15.2. The van der Waals surface area contributed by atoms with Gasteiger partial charge in [0.05, 0.1) is 12.3 Å². The zero-order valence-corrected chi connectivity index (χ0v) is 11.9. The van der Waals surface area contributed by atoms with Crippen molar-refractivity contribution in [3.63, 3.8) is 0 Å². The topological polar surface area (TPSA) is 74.4 Å². The third-order valence-electron chi connectivity index (χ3n) is 1.89. The molecule has 1 rings (SSSR count). The average Bonchev–Trinajstić information content (AvgIpc) is 2.26. The van der Waals surface area contributed by atoms with Crippen LogP contribution in [0.3, 0.4) is 0 Å². The molecule has 0 saturated heterocycles. The minimum atomic E-state index is -4.95. The van der Waals surface area contributed by atoms with Crippen molar-refractivity contribution >= 4 is 28.6 Å². The Morgan fingerprint density at radius 2 is 2.16 bits per heavy atom. The summed E-state index contributed by atoms with van der Waals surface area (Å²) in [6.45, 7) is 1.49. The molecule has 0 spiro atoms. The summed E-state index contributed by atoms with van der Waals surface area (Å²) in [5.74, 6) is -1.78. The summed E-state index contributed by atoms with van der Waals surface area (Å²) >= 11 is 1.70. The lowest BCUT2D eigenvalue weighted by atomic mass is 10.2. The zero-order valence-electron chi connectivity index (χ0n) is 9.75. The number of halogens is 4. The molecular formula is C10H10F3IN2O3. The number of esters is 1. The molecule has 0 amide bonds. The second kappa shape index (κ2) is 6.37. The summed E-state index contributed by atoms with van der Waals surface area (Å²) in [5, 5.41) is 0. The van der Waals surface area contributed by atoms with Crippen LogP contribution in [-0.4, -0.2) is 23.9 Å². The van der Waals surface area contributed by atoms with E-state index in [9.17, 15) is 18.0 Å². The molecule has 9 heteroatoms. The highest BCUT2D eigenvalue weighted by molar-refractivity contribution is 14.1. The maximum absolute atomic E-state index is 12.3. The first kappa shape index (κ1) is 16.0. The van der Waals surface area contributed by atoms with Crippen LogP contribution in [0, 0.1) is 3.57 Å². The molecule has 0 aliphatic carbocycles. The Bertz CT molecular complexity index is 480. The predicted molar refractivity (Wildman–Crippen MR) is 67.5 cm³/mol. The van der Waals surface area contributed by atoms with Gasteiger partial charge in [0.15, 0.2) is 0 Å². The third-order valence-corrected chi connectivity index (χ3v) is 2.74. The molecule has 0 bridgehead atoms. The van der Waals surface area contributed by atoms with E-state index < -0.39 is 18.2 Å². The zero-order chi connectivity index (χ0) is 14.6. The molecule has 1 heterocycles. The molecule has 0 radical (unpaired) electrons. The van der Waals surface area contributed by atoms with E-state index in [0.717, 1.165) is 0 Å². The summed E-state index contributed by atoms with van der Waals surface area (Å²) in [5.41, 5.74) is 5.13. The minimum Gasteiger partial charge on any atom is -0.462 e. The monoisotopic (exact) mass is 390 g/mol. The van der Waals surface area contributed by atoms with Crippen molar-refractivity contribution in [2.24, 2.45) is 5.73 Å². The molecule has 106 valence electrons. The number of pyridine rings is 1. The SMILES string of the molecule is CCOC(=O)c1c(I)cc(CN)nc1OC(F)(F)F. The van der Waals surface area contributed by atoms with Gasteiger partial charge in [-0.15, -0.1) is 13.2 Å². The van der Waals surface area contributed by atoms with Crippen LogP contribution in [0.5, 0.6) is 5.88 Å². The fourth-order valence-corrected chi connectivity index (χ4v) is 2.03. The van der Waals surface area contributed by atoms with Gasteiger partial charge < -0.3 is 15.2 Å². The normalized spacial score (nSPS) is 11.3. The Morgan fingerprint density at radius 1 is 1.53 bits per heavy atom. The molecule has 0 saturated carbocycles. The summed E-state index contributed by atoms with van der Waals surface area (Å²) in [7, 11) is 0. The Balaban J connectivity index is 3.29. The van der Waals surface area contributed by atoms with Gasteiger partial charge >= 0.3 is 12.3 Å². The van der Waals surface area contributed by atoms with Gasteiger partial charge in [-0.05, 0) is 35.6 Å². The average molecular weight is 390 g/mol. The first-order valence-corrected chi connectivity index (χ1v) is 6.18. The van der Waals surface area contributed by atoms with Gasteiger partial charge in [-0.2, -0.15) is 0 Å². The maximum atomic E-state index is 12.3. The summed E-state index contributed by atoms with van der Waals surface area (Å²) in [6, 6.07) is 1.40. The Labute approximate surface area is 120 Å². The van der Waals surface area contributed by atoms with Crippen LogP contribution in [0.25, 0.3) is 0 Å². The van der Waals surface area contributed by atoms with Gasteiger partial charge in [-0.3, -0.25) is 0 Å². The van der Waals surface area contributed by atoms with E-state index in [-0.39, 0.29) is 28.0 Å². The van der Waals surface area contributed by atoms with Crippen molar-refractivity contribution in [3.05, 3.63) is 20.9 Å². The molecule has 0 aliphatic heterocycles. The Morgan fingerprint density at radius 3 is 2.63 bits per heavy atom. The van der Waals surface area contributed by atoms with Gasteiger partial charge in [0, 0.05) is 10.1 Å². The Hall–Kier alpha value is -1.10. The minimum absolute atomic E-state index is 0.0268. The fourth-order valence-electron chi connectivity index (χ4n) is 1.22. The van der Waals surface area contributed by atoms with Gasteiger partial charge in [-0.1, -0.05) is 0 Å². The van der Waals surface area contributed by atoms with Crippen molar-refractivity contribution in [3.8, 4) is 5.88 Å². The second-order valence-electron chi connectivity index (χ2n) is 3.25. The highest BCUT2D eigenvalue weighted by Crippen LogP contribution is 2.29. The number of carbonyl (C=O) groups is 1. The lowest BCUT2D eigenvalue weighted by Gasteiger charge is -2.14. The van der Waals surface area contributed by atoms with E-state index in [4.69, 9.17) is 5.73 Å². The van der Waals surface area contributed by atoms with Crippen LogP contribution < -0.4 is 10.5 Å². The molecule has 19 heavy (non-hydrogen) atoms. The van der Waals surface area contributed by atoms with Crippen molar-refractivity contribution < 1.29 is 27.4 Å². The summed E-state index contributed by atoms with van der Waals surface area (Å²) < 4.78 is 45.5. The number of carbonyl (C=O) groups excluding carboxylic acids is 1. The van der Waals surface area contributed by atoms with Crippen LogP contribution in [0.4, 0.5) is 13.2 Å². The van der Waals surface area contributed by atoms with E-state index >= 15 is 0 Å². The molecule has 5 nitrogen and oxygen atoms in total. The second-order valence-corrected chi connectivity index (χ2v) is 4.41. The molecule has 0 aliphatic rings. The molecule has 1 aromatic rings. The lowest BCUT2D eigenvalue weighted by molar-refractivity contribution is -0.276. The first-order chi connectivity index (χ1) is 8.78. The van der Waals surface area contributed by atoms with Crippen molar-refractivity contribution in [1.29, 1.82) is 0 Å². The van der Waals surface area contributed by atoms with Crippen LogP contribution in [0.15, 0.2) is 6.07 Å². The quantitative estimate of drug-likeness (QED) is 0.631. The number of hydrogen-bond donors (Lipinski definition) is 1. The van der Waals surface area contributed by atoms with Crippen LogP contribution in [0.1, 0.15) is 23.0 Å². The number of alkyl halides is 3. The molecule has 0 unspecified atom stereocenters.